The number of imide groups is 1. The molecule has 2 saturated heterocycles. The summed E-state index contributed by atoms with van der Waals surface area (Å²) in [5, 5.41) is 0. The zero-order valence-electron chi connectivity index (χ0n) is 18.2. The molecule has 1 atom stereocenters. The minimum Gasteiger partial charge on any atom is -0.376 e. The zero-order chi connectivity index (χ0) is 21.8. The Bertz CT molecular complexity index is 1140. The fourth-order valence-corrected chi connectivity index (χ4v) is 5.26. The van der Waals surface area contributed by atoms with E-state index >= 15 is 0 Å². The molecule has 0 bridgehead atoms. The highest BCUT2D eigenvalue weighted by Gasteiger charge is 2.41. The van der Waals surface area contributed by atoms with Crippen LogP contribution in [0.2, 0.25) is 0 Å². The summed E-state index contributed by atoms with van der Waals surface area (Å²) in [7, 11) is 2.07. The van der Waals surface area contributed by atoms with Gasteiger partial charge in [0.15, 0.2) is 5.82 Å². The highest BCUT2D eigenvalue weighted by atomic mass is 16.5. The third-order valence-electron chi connectivity index (χ3n) is 7.07. The average Bonchev–Trinajstić information content (AvgIpc) is 3.57. The van der Waals surface area contributed by atoms with Crippen molar-refractivity contribution in [1.82, 2.24) is 24.3 Å². The summed E-state index contributed by atoms with van der Waals surface area (Å²) in [4.78, 5) is 38.2. The first-order chi connectivity index (χ1) is 15.6. The minimum absolute atomic E-state index is 0.0263. The van der Waals surface area contributed by atoms with Gasteiger partial charge in [0.2, 0.25) is 0 Å². The van der Waals surface area contributed by atoms with E-state index < -0.39 is 0 Å². The Hall–Kier alpha value is -2.97. The largest absolute Gasteiger partial charge is 0.376 e. The molecular weight excluding hydrogens is 406 g/mol. The lowest BCUT2D eigenvalue weighted by Gasteiger charge is -2.33. The molecule has 32 heavy (non-hydrogen) atoms. The van der Waals surface area contributed by atoms with Crippen molar-refractivity contribution in [2.75, 3.05) is 26.7 Å². The van der Waals surface area contributed by atoms with Crippen molar-refractivity contribution >= 4 is 22.8 Å². The monoisotopic (exact) mass is 433 g/mol. The second-order valence-corrected chi connectivity index (χ2v) is 9.20. The Labute approximate surface area is 186 Å². The number of aromatic nitrogens is 3. The maximum absolute atomic E-state index is 13.2. The maximum Gasteiger partial charge on any atom is 0.261 e. The Morgan fingerprint density at radius 3 is 2.66 bits per heavy atom. The number of nitrogens with one attached hydrogen (secondary N) is 1. The third-order valence-corrected chi connectivity index (χ3v) is 7.07. The fraction of sp³-hybridized carbons (Fsp3) is 0.458. The lowest BCUT2D eigenvalue weighted by Crippen LogP contribution is -2.46. The number of likely N-dealkylation sites (tertiary alicyclic amines) is 1. The van der Waals surface area contributed by atoms with Crippen molar-refractivity contribution in [2.45, 2.75) is 44.4 Å². The number of H-pyrrole nitrogens is 1. The summed E-state index contributed by atoms with van der Waals surface area (Å²) < 4.78 is 7.94. The Kier molecular flexibility index (Phi) is 4.66. The molecule has 8 heteroatoms. The molecule has 2 fully saturated rings. The van der Waals surface area contributed by atoms with E-state index in [4.69, 9.17) is 9.72 Å². The van der Waals surface area contributed by atoms with Crippen molar-refractivity contribution in [3.05, 3.63) is 41.6 Å². The van der Waals surface area contributed by atoms with Gasteiger partial charge in [-0.05, 0) is 70.1 Å². The maximum atomic E-state index is 13.2. The van der Waals surface area contributed by atoms with E-state index in [1.165, 1.54) is 4.90 Å². The van der Waals surface area contributed by atoms with Gasteiger partial charge in [-0.1, -0.05) is 0 Å². The number of amides is 2. The molecule has 6 rings (SSSR count). The third kappa shape index (κ3) is 3.17. The molecule has 3 aliphatic heterocycles. The Morgan fingerprint density at radius 2 is 1.91 bits per heavy atom. The van der Waals surface area contributed by atoms with E-state index in [9.17, 15) is 9.59 Å². The number of fused-ring (bicyclic) bond motifs is 2. The molecule has 0 saturated carbocycles. The molecule has 0 radical (unpaired) electrons. The molecule has 5 heterocycles. The second-order valence-electron chi connectivity index (χ2n) is 9.20. The van der Waals surface area contributed by atoms with Crippen LogP contribution in [-0.2, 0) is 11.3 Å². The average molecular weight is 434 g/mol. The van der Waals surface area contributed by atoms with Gasteiger partial charge >= 0.3 is 0 Å². The van der Waals surface area contributed by atoms with E-state index in [-0.39, 0.29) is 24.0 Å². The van der Waals surface area contributed by atoms with Crippen LogP contribution < -0.4 is 0 Å². The van der Waals surface area contributed by atoms with Crippen LogP contribution in [0.5, 0.6) is 0 Å². The van der Waals surface area contributed by atoms with Crippen LogP contribution in [-0.4, -0.2) is 75.0 Å². The first kappa shape index (κ1) is 19.7. The van der Waals surface area contributed by atoms with Gasteiger partial charge in [0.1, 0.15) is 0 Å². The van der Waals surface area contributed by atoms with E-state index in [1.54, 1.807) is 12.1 Å². The molecule has 1 aromatic carbocycles. The number of carbonyl (C=O) groups is 2. The topological polar surface area (TPSA) is 83.5 Å². The first-order valence-electron chi connectivity index (χ1n) is 11.5. The van der Waals surface area contributed by atoms with Gasteiger partial charge in [-0.3, -0.25) is 14.5 Å². The highest BCUT2D eigenvalue weighted by molar-refractivity contribution is 6.23. The number of imidazole rings is 1. The van der Waals surface area contributed by atoms with Crippen LogP contribution in [0.15, 0.2) is 30.5 Å². The molecule has 1 N–H and O–H groups in total. The molecule has 3 aliphatic rings. The summed E-state index contributed by atoms with van der Waals surface area (Å²) in [6, 6.07) is 7.57. The first-order valence-corrected chi connectivity index (χ1v) is 11.5. The number of nitrogens with zero attached hydrogens (tertiary/aromatic N) is 4. The summed E-state index contributed by atoms with van der Waals surface area (Å²) in [5.74, 6) is 0.367. The van der Waals surface area contributed by atoms with Gasteiger partial charge in [-0.15, -0.1) is 0 Å². The van der Waals surface area contributed by atoms with Crippen LogP contribution >= 0.6 is 0 Å². The number of aromatic amines is 1. The molecule has 2 aromatic heterocycles. The number of hydrogen-bond donors (Lipinski definition) is 1. The summed E-state index contributed by atoms with van der Waals surface area (Å²) >= 11 is 0. The predicted molar refractivity (Wildman–Crippen MR) is 120 cm³/mol. The quantitative estimate of drug-likeness (QED) is 0.640. The molecule has 8 nitrogen and oxygen atoms in total. The lowest BCUT2D eigenvalue weighted by molar-refractivity contribution is 0.0516. The molecule has 166 valence electrons. The van der Waals surface area contributed by atoms with Gasteiger partial charge in [-0.2, -0.15) is 0 Å². The standard InChI is InChI=1S/C24H27N5O3/c1-27-9-6-15(7-10-27)29-23(30)17-12-19-20(13-18(17)24(29)31)26-22(25-19)21-5-2-8-28(21)14-16-4-3-11-32-16/h2,5,8,12-13,15-16H,3-4,6-7,9-11,14H2,1H3,(H,25,26). The van der Waals surface area contributed by atoms with Gasteiger partial charge in [0.05, 0.1) is 34.0 Å². The van der Waals surface area contributed by atoms with Crippen LogP contribution in [0, 0.1) is 0 Å². The number of carbonyl (C=O) groups excluding carboxylic acids is 2. The smallest absolute Gasteiger partial charge is 0.261 e. The Morgan fingerprint density at radius 1 is 1.12 bits per heavy atom. The highest BCUT2D eigenvalue weighted by Crippen LogP contribution is 2.32. The van der Waals surface area contributed by atoms with Crippen molar-refractivity contribution < 1.29 is 14.3 Å². The number of rotatable bonds is 4. The van der Waals surface area contributed by atoms with Gasteiger partial charge in [-0.25, -0.2) is 4.98 Å². The summed E-state index contributed by atoms with van der Waals surface area (Å²) in [6.45, 7) is 3.41. The number of ether oxygens (including phenoxy) is 1. The van der Waals surface area contributed by atoms with Crippen LogP contribution in [0.4, 0.5) is 0 Å². The van der Waals surface area contributed by atoms with Crippen molar-refractivity contribution in [3.8, 4) is 11.5 Å². The van der Waals surface area contributed by atoms with Crippen molar-refractivity contribution in [1.29, 1.82) is 0 Å². The van der Waals surface area contributed by atoms with Crippen molar-refractivity contribution in [2.24, 2.45) is 0 Å². The zero-order valence-corrected chi connectivity index (χ0v) is 18.2. The molecule has 0 aliphatic carbocycles. The van der Waals surface area contributed by atoms with Crippen LogP contribution in [0.3, 0.4) is 0 Å². The lowest BCUT2D eigenvalue weighted by atomic mass is 10.0. The minimum atomic E-state index is -0.187. The van der Waals surface area contributed by atoms with E-state index in [0.29, 0.717) is 16.6 Å². The van der Waals surface area contributed by atoms with Crippen molar-refractivity contribution in [3.63, 3.8) is 0 Å². The molecule has 3 aromatic rings. The van der Waals surface area contributed by atoms with Crippen LogP contribution in [0.1, 0.15) is 46.4 Å². The SMILES string of the molecule is CN1CCC(N2C(=O)c3cc4nc(-c5cccn5CC5CCCO5)[nH]c4cc3C2=O)CC1. The summed E-state index contributed by atoms with van der Waals surface area (Å²) in [6.07, 6.45) is 6.09. The fourth-order valence-electron chi connectivity index (χ4n) is 5.26. The van der Waals surface area contributed by atoms with E-state index in [0.717, 1.165) is 69.0 Å². The normalized spacial score (nSPS) is 22.4. The van der Waals surface area contributed by atoms with Gasteiger partial charge in [0.25, 0.3) is 11.8 Å². The Balaban J connectivity index is 1.31. The predicted octanol–water partition coefficient (Wildman–Crippen LogP) is 2.90. The molecule has 1 unspecified atom stereocenters. The second kappa shape index (κ2) is 7.56. The number of benzene rings is 1. The number of piperidine rings is 1. The van der Waals surface area contributed by atoms with Crippen LogP contribution in [0.25, 0.3) is 22.6 Å². The van der Waals surface area contributed by atoms with E-state index in [1.807, 2.05) is 18.3 Å². The van der Waals surface area contributed by atoms with Gasteiger partial charge < -0.3 is 19.2 Å². The van der Waals surface area contributed by atoms with Gasteiger partial charge in [0, 0.05) is 25.4 Å². The molecular formula is C24H27N5O3. The molecule has 0 spiro atoms. The van der Waals surface area contributed by atoms with E-state index in [2.05, 4.69) is 21.5 Å². The number of hydrogen-bond acceptors (Lipinski definition) is 5. The summed E-state index contributed by atoms with van der Waals surface area (Å²) in [5.41, 5.74) is 3.40. The molecule has 2 amide bonds.